The summed E-state index contributed by atoms with van der Waals surface area (Å²) in [7, 11) is -7.18. The number of ketones is 2. The van der Waals surface area contributed by atoms with Gasteiger partial charge in [-0.2, -0.15) is 0 Å². The van der Waals surface area contributed by atoms with Crippen molar-refractivity contribution >= 4 is 43.2 Å². The van der Waals surface area contributed by atoms with Crippen molar-refractivity contribution in [3.8, 4) is 23.0 Å². The molecule has 0 bridgehead atoms. The Kier molecular flexibility index (Phi) is 29.7. The zero-order valence-corrected chi connectivity index (χ0v) is 45.6. The fourth-order valence-corrected chi connectivity index (χ4v) is 9.36. The smallest absolute Gasteiger partial charge is 0.550 e. The van der Waals surface area contributed by atoms with E-state index in [0.29, 0.717) is 46.6 Å². The topological polar surface area (TPSA) is 314 Å². The standard InChI is InChI=1S/2C24H30O8S.2Na.H2O/c2*1-3-5-20-22(12-10-19(16(2)25)24(20)29)32-14-4-15-33(30,31)18-8-6-17(7-9-18)21(26)11-13-23(27)28;;;/h2*6-10,12,21,26,29H,3-5,11,13-15H2,1-2H3,(H,27,28);;;1H2/q;;2*+1;/p-2. The second-order valence-electron chi connectivity index (χ2n) is 15.5. The molecule has 0 fully saturated rings. The Morgan fingerprint density at radius 1 is 0.565 bits per heavy atom. The Labute approximate surface area is 448 Å². The number of Topliss-reactive ketones (excluding diaryl/α,β-unsaturated/α-hetero) is 2. The van der Waals surface area contributed by atoms with Crippen molar-refractivity contribution in [2.75, 3.05) is 24.7 Å². The molecule has 2 unspecified atom stereocenters. The Balaban J connectivity index is 0.00000128. The average Bonchev–Trinajstić information content (AvgIpc) is 3.27. The zero-order chi connectivity index (χ0) is 49.2. The number of phenols is 2. The number of benzene rings is 4. The van der Waals surface area contributed by atoms with Crippen molar-refractivity contribution in [2.24, 2.45) is 0 Å². The molecule has 69 heavy (non-hydrogen) atoms. The van der Waals surface area contributed by atoms with Crippen molar-refractivity contribution in [3.63, 3.8) is 0 Å². The van der Waals surface area contributed by atoms with Crippen LogP contribution in [0.1, 0.15) is 134 Å². The molecule has 21 heteroatoms. The number of aliphatic hydroxyl groups excluding tert-OH is 2. The Hall–Kier alpha value is -3.86. The van der Waals surface area contributed by atoms with Gasteiger partial charge in [-0.3, -0.25) is 9.59 Å². The van der Waals surface area contributed by atoms with Crippen molar-refractivity contribution in [2.45, 2.75) is 114 Å². The first-order valence-electron chi connectivity index (χ1n) is 21.5. The quantitative estimate of drug-likeness (QED) is 0.0297. The van der Waals surface area contributed by atoms with E-state index < -0.39 is 43.8 Å². The summed E-state index contributed by atoms with van der Waals surface area (Å²) in [6.45, 7) is 6.82. The molecule has 0 aliphatic heterocycles. The van der Waals surface area contributed by atoms with Gasteiger partial charge in [0.05, 0.1) is 57.8 Å². The predicted octanol–water partition coefficient (Wildman–Crippen LogP) is -2.11. The van der Waals surface area contributed by atoms with Crippen molar-refractivity contribution in [3.05, 3.63) is 106 Å². The molecule has 0 spiro atoms. The summed E-state index contributed by atoms with van der Waals surface area (Å²) in [5, 5.41) is 61.7. The number of aliphatic carboxylic acids is 2. The van der Waals surface area contributed by atoms with Gasteiger partial charge in [0.25, 0.3) is 0 Å². The molecule has 17 nitrogen and oxygen atoms in total. The maximum absolute atomic E-state index is 12.6. The monoisotopic (exact) mass is 1020 g/mol. The van der Waals surface area contributed by atoms with E-state index in [0.717, 1.165) is 12.8 Å². The molecule has 0 saturated heterocycles. The van der Waals surface area contributed by atoms with Gasteiger partial charge in [-0.05, 0) is 125 Å². The van der Waals surface area contributed by atoms with Crippen LogP contribution in [0.4, 0.5) is 0 Å². The van der Waals surface area contributed by atoms with E-state index in [1.165, 1.54) is 74.5 Å². The van der Waals surface area contributed by atoms with Gasteiger partial charge in [0.1, 0.15) is 23.0 Å². The third kappa shape index (κ3) is 20.4. The summed E-state index contributed by atoms with van der Waals surface area (Å²) in [6, 6.07) is 17.6. The van der Waals surface area contributed by atoms with Crippen LogP contribution in [0.5, 0.6) is 23.0 Å². The first kappa shape index (κ1) is 65.1. The van der Waals surface area contributed by atoms with Crippen LogP contribution in [0, 0.1) is 0 Å². The molecular weight excluding hydrogens is 959 g/mol. The fraction of sp³-hybridized carbons (Fsp3) is 0.417. The Morgan fingerprint density at radius 2 is 0.884 bits per heavy atom. The zero-order valence-electron chi connectivity index (χ0n) is 40.0. The van der Waals surface area contributed by atoms with E-state index in [1.54, 1.807) is 12.1 Å². The van der Waals surface area contributed by atoms with Crippen LogP contribution in [0.15, 0.2) is 82.6 Å². The van der Waals surface area contributed by atoms with Crippen molar-refractivity contribution in [1.82, 2.24) is 0 Å². The second-order valence-corrected chi connectivity index (χ2v) is 19.7. The van der Waals surface area contributed by atoms with E-state index in [1.807, 2.05) is 13.8 Å². The van der Waals surface area contributed by atoms with Crippen LogP contribution < -0.4 is 78.8 Å². The number of carbonyl (C=O) groups is 4. The normalized spacial score (nSPS) is 11.8. The minimum Gasteiger partial charge on any atom is -0.550 e. The summed E-state index contributed by atoms with van der Waals surface area (Å²) < 4.78 is 61.8. The van der Waals surface area contributed by atoms with Crippen LogP contribution in [0.3, 0.4) is 0 Å². The van der Waals surface area contributed by atoms with Gasteiger partial charge in [0.2, 0.25) is 0 Å². The number of hydrogen-bond donors (Lipinski definition) is 4. The van der Waals surface area contributed by atoms with Crippen molar-refractivity contribution < 1.29 is 141 Å². The van der Waals surface area contributed by atoms with Crippen LogP contribution in [-0.2, 0) is 42.1 Å². The van der Waals surface area contributed by atoms with E-state index in [2.05, 4.69) is 0 Å². The number of carbonyl (C=O) groups excluding carboxylic acids is 4. The van der Waals surface area contributed by atoms with E-state index >= 15 is 0 Å². The number of sulfone groups is 2. The number of aliphatic hydroxyl groups is 2. The minimum atomic E-state index is -3.59. The van der Waals surface area contributed by atoms with Gasteiger partial charge in [-0.1, -0.05) is 51.0 Å². The number of aromatic hydroxyl groups is 2. The summed E-state index contributed by atoms with van der Waals surface area (Å²) >= 11 is 0. The molecule has 0 aliphatic rings. The SMILES string of the molecule is CCCc1c(OCCCS(=O)(=O)c2ccc(C(O)CCC(=O)[O-])cc2)ccc(C(C)=O)c1O.CCCc1c(OCCCS(=O)(=O)c2ccc(C(O)CCC(=O)[O-])cc2)ccc(C(C)=O)c1O.O.[Na+].[Na+]. The molecule has 0 aliphatic carbocycles. The van der Waals surface area contributed by atoms with Crippen LogP contribution in [-0.4, -0.2) is 91.0 Å². The van der Waals surface area contributed by atoms with Gasteiger partial charge in [-0.15, -0.1) is 0 Å². The van der Waals surface area contributed by atoms with Crippen LogP contribution in [0.25, 0.3) is 0 Å². The maximum atomic E-state index is 12.6. The summed E-state index contributed by atoms with van der Waals surface area (Å²) in [5.74, 6) is -2.71. The van der Waals surface area contributed by atoms with Gasteiger partial charge >= 0.3 is 59.1 Å². The fourth-order valence-electron chi connectivity index (χ4n) is 6.79. The Morgan fingerprint density at radius 3 is 1.16 bits per heavy atom. The Bertz CT molecular complexity index is 2340. The average molecular weight is 1020 g/mol. The number of hydrogen-bond acceptors (Lipinski definition) is 16. The molecule has 4 aromatic carbocycles. The molecule has 0 aromatic heterocycles. The van der Waals surface area contributed by atoms with Crippen LogP contribution in [0.2, 0.25) is 0 Å². The molecule has 0 heterocycles. The first-order chi connectivity index (χ1) is 31.1. The maximum Gasteiger partial charge on any atom is 1.00 e. The minimum absolute atomic E-state index is 0. The molecular formula is C48H60Na2O17S2. The van der Waals surface area contributed by atoms with Crippen LogP contribution >= 0.6 is 0 Å². The van der Waals surface area contributed by atoms with Gasteiger partial charge in [-0.25, -0.2) is 16.8 Å². The molecule has 4 aromatic rings. The first-order valence-corrected chi connectivity index (χ1v) is 24.8. The van der Waals surface area contributed by atoms with Gasteiger partial charge < -0.3 is 55.2 Å². The predicted molar refractivity (Wildman–Crippen MR) is 243 cm³/mol. The molecule has 4 rings (SSSR count). The molecule has 6 N–H and O–H groups in total. The summed E-state index contributed by atoms with van der Waals surface area (Å²) in [6.07, 6.45) is 0.250. The molecule has 0 saturated carbocycles. The second kappa shape index (κ2) is 31.5. The molecule has 0 amide bonds. The van der Waals surface area contributed by atoms with E-state index in [9.17, 15) is 66.7 Å². The van der Waals surface area contributed by atoms with Gasteiger partial charge in [0.15, 0.2) is 31.2 Å². The molecule has 0 radical (unpaired) electrons. The number of phenolic OH excluding ortho intramolecular Hbond substituents is 2. The van der Waals surface area contributed by atoms with E-state index in [-0.39, 0.29) is 172 Å². The van der Waals surface area contributed by atoms with Crippen molar-refractivity contribution in [1.29, 1.82) is 0 Å². The molecule has 368 valence electrons. The van der Waals surface area contributed by atoms with Gasteiger partial charge in [0, 0.05) is 23.1 Å². The number of carboxylic acid groups (broad SMARTS) is 2. The summed E-state index contributed by atoms with van der Waals surface area (Å²) in [4.78, 5) is 44.5. The number of ether oxygens (including phenoxy) is 2. The largest absolute Gasteiger partial charge is 1.00 e. The summed E-state index contributed by atoms with van der Waals surface area (Å²) in [5.41, 5.74) is 2.36. The number of carboxylic acids is 2. The third-order valence-corrected chi connectivity index (χ3v) is 14.0. The molecule has 2 atom stereocenters. The van der Waals surface area contributed by atoms with E-state index in [4.69, 9.17) is 9.47 Å². The third-order valence-electron chi connectivity index (χ3n) is 10.4. The number of rotatable bonds is 26.